The lowest BCUT2D eigenvalue weighted by Crippen LogP contribution is -2.36. The Labute approximate surface area is 170 Å². The molecule has 0 bridgehead atoms. The molecular weight excluding hydrogens is 366 g/mol. The van der Waals surface area contributed by atoms with Crippen molar-refractivity contribution in [2.24, 2.45) is 0 Å². The van der Waals surface area contributed by atoms with Crippen LogP contribution in [-0.2, 0) is 6.54 Å². The minimum absolute atomic E-state index is 0.0285. The zero-order chi connectivity index (χ0) is 20.4. The van der Waals surface area contributed by atoms with Crippen molar-refractivity contribution in [3.05, 3.63) is 65.9 Å². The van der Waals surface area contributed by atoms with Crippen molar-refractivity contribution >= 4 is 11.7 Å². The number of nitrogen functional groups attached to an aromatic ring is 1. The molecule has 2 N–H and O–H groups in total. The molecule has 0 spiro atoms. The number of rotatable bonds is 5. The van der Waals surface area contributed by atoms with Gasteiger partial charge in [-0.3, -0.25) is 9.69 Å². The Morgan fingerprint density at radius 3 is 2.83 bits per heavy atom. The quantitative estimate of drug-likeness (QED) is 0.714. The van der Waals surface area contributed by atoms with Gasteiger partial charge < -0.3 is 10.6 Å². The van der Waals surface area contributed by atoms with Crippen molar-refractivity contribution in [2.45, 2.75) is 25.9 Å². The van der Waals surface area contributed by atoms with Crippen LogP contribution < -0.4 is 5.73 Å². The van der Waals surface area contributed by atoms with Crippen molar-refractivity contribution in [3.8, 4) is 5.69 Å². The summed E-state index contributed by atoms with van der Waals surface area (Å²) >= 11 is 0. The highest BCUT2D eigenvalue weighted by atomic mass is 16.2. The highest BCUT2D eigenvalue weighted by Crippen LogP contribution is 2.21. The number of likely N-dealkylation sites (N-methyl/N-ethyl adjacent to an activating group) is 1. The second-order valence-corrected chi connectivity index (χ2v) is 7.40. The van der Waals surface area contributed by atoms with E-state index in [1.807, 2.05) is 53.9 Å². The fraction of sp³-hybridized carbons (Fsp3) is 0.333. The van der Waals surface area contributed by atoms with E-state index in [1.165, 1.54) is 0 Å². The fourth-order valence-electron chi connectivity index (χ4n) is 3.75. The molecule has 1 atom stereocenters. The van der Waals surface area contributed by atoms with Crippen LogP contribution in [0.1, 0.15) is 28.3 Å². The third-order valence-electron chi connectivity index (χ3n) is 5.43. The molecule has 1 fully saturated rings. The molecule has 3 aromatic rings. The van der Waals surface area contributed by atoms with Crippen LogP contribution in [0.15, 0.2) is 48.8 Å². The Kier molecular flexibility index (Phi) is 5.26. The number of aromatic nitrogens is 4. The molecule has 8 heteroatoms. The lowest BCUT2D eigenvalue weighted by Gasteiger charge is -2.24. The van der Waals surface area contributed by atoms with Gasteiger partial charge in [-0.25, -0.2) is 14.6 Å². The number of hydrogen-bond donors (Lipinski definition) is 1. The van der Waals surface area contributed by atoms with Gasteiger partial charge in [-0.05, 0) is 38.6 Å². The van der Waals surface area contributed by atoms with Gasteiger partial charge in [-0.15, -0.1) is 0 Å². The predicted molar refractivity (Wildman–Crippen MR) is 111 cm³/mol. The average molecular weight is 391 g/mol. The molecule has 8 nitrogen and oxygen atoms in total. The van der Waals surface area contributed by atoms with E-state index in [-0.39, 0.29) is 11.9 Å². The van der Waals surface area contributed by atoms with Crippen molar-refractivity contribution < 1.29 is 4.79 Å². The molecule has 1 amide bonds. The SMILES string of the molecule is Cc1c(C(=O)N2CC[C@@H](N(C)Cc3nccc(N)n3)C2)cnn1-c1ccccc1. The number of hydrogen-bond acceptors (Lipinski definition) is 6. The van der Waals surface area contributed by atoms with Crippen molar-refractivity contribution in [1.29, 1.82) is 0 Å². The summed E-state index contributed by atoms with van der Waals surface area (Å²) in [5.41, 5.74) is 8.19. The summed E-state index contributed by atoms with van der Waals surface area (Å²) in [6.45, 7) is 3.93. The Morgan fingerprint density at radius 1 is 1.28 bits per heavy atom. The molecule has 150 valence electrons. The molecule has 0 radical (unpaired) electrons. The number of nitrogens with two attached hydrogens (primary N) is 1. The monoisotopic (exact) mass is 391 g/mol. The van der Waals surface area contributed by atoms with Crippen LogP contribution in [0.5, 0.6) is 0 Å². The summed E-state index contributed by atoms with van der Waals surface area (Å²) < 4.78 is 1.81. The summed E-state index contributed by atoms with van der Waals surface area (Å²) in [4.78, 5) is 25.7. The molecule has 2 aromatic heterocycles. The Morgan fingerprint density at radius 2 is 2.07 bits per heavy atom. The minimum Gasteiger partial charge on any atom is -0.384 e. The van der Waals surface area contributed by atoms with Crippen molar-refractivity contribution in [3.63, 3.8) is 0 Å². The zero-order valence-corrected chi connectivity index (χ0v) is 16.7. The second-order valence-electron chi connectivity index (χ2n) is 7.40. The molecule has 0 aliphatic carbocycles. The van der Waals surface area contributed by atoms with Crippen LogP contribution in [0.4, 0.5) is 5.82 Å². The van der Waals surface area contributed by atoms with E-state index in [2.05, 4.69) is 20.0 Å². The first-order valence-electron chi connectivity index (χ1n) is 9.70. The first-order chi connectivity index (χ1) is 14.0. The highest BCUT2D eigenvalue weighted by molar-refractivity contribution is 5.95. The number of carbonyl (C=O) groups is 1. The fourth-order valence-corrected chi connectivity index (χ4v) is 3.75. The lowest BCUT2D eigenvalue weighted by molar-refractivity contribution is 0.0778. The van der Waals surface area contributed by atoms with Crippen LogP contribution >= 0.6 is 0 Å². The molecule has 1 saturated heterocycles. The molecule has 29 heavy (non-hydrogen) atoms. The van der Waals surface area contributed by atoms with Crippen LogP contribution in [0.2, 0.25) is 0 Å². The second kappa shape index (κ2) is 8.00. The number of para-hydroxylation sites is 1. The van der Waals surface area contributed by atoms with Crippen LogP contribution in [0.3, 0.4) is 0 Å². The Balaban J connectivity index is 1.43. The molecular formula is C21H25N7O. The van der Waals surface area contributed by atoms with Crippen LogP contribution in [0.25, 0.3) is 5.69 Å². The predicted octanol–water partition coefficient (Wildman–Crippen LogP) is 1.90. The molecule has 3 heterocycles. The van der Waals surface area contributed by atoms with Gasteiger partial charge in [0.15, 0.2) is 0 Å². The summed E-state index contributed by atoms with van der Waals surface area (Å²) in [7, 11) is 2.03. The number of benzene rings is 1. The van der Waals surface area contributed by atoms with E-state index in [0.717, 1.165) is 24.3 Å². The van der Waals surface area contributed by atoms with Gasteiger partial charge in [-0.1, -0.05) is 18.2 Å². The van der Waals surface area contributed by atoms with Gasteiger partial charge in [-0.2, -0.15) is 5.10 Å². The Bertz CT molecular complexity index is 1000. The molecule has 1 aliphatic rings. The third-order valence-corrected chi connectivity index (χ3v) is 5.43. The van der Waals surface area contributed by atoms with Crippen LogP contribution in [0, 0.1) is 6.92 Å². The minimum atomic E-state index is 0.0285. The smallest absolute Gasteiger partial charge is 0.257 e. The maximum atomic E-state index is 13.1. The highest BCUT2D eigenvalue weighted by Gasteiger charge is 2.31. The molecule has 1 aromatic carbocycles. The van der Waals surface area contributed by atoms with Gasteiger partial charge in [0.2, 0.25) is 0 Å². The van der Waals surface area contributed by atoms with E-state index in [4.69, 9.17) is 5.73 Å². The maximum absolute atomic E-state index is 13.1. The van der Waals surface area contributed by atoms with E-state index < -0.39 is 0 Å². The standard InChI is InChI=1S/C21H25N7O/c1-15-18(12-24-28(15)16-6-4-3-5-7-16)21(29)27-11-9-17(13-27)26(2)14-20-23-10-8-19(22)25-20/h3-8,10,12,17H,9,11,13-14H2,1-2H3,(H2,22,23,25)/t17-/m1/s1. The summed E-state index contributed by atoms with van der Waals surface area (Å²) in [5.74, 6) is 1.19. The number of anilines is 1. The Hall–Kier alpha value is -3.26. The molecule has 0 unspecified atom stereocenters. The molecule has 0 saturated carbocycles. The van der Waals surface area contributed by atoms with Crippen molar-refractivity contribution in [1.82, 2.24) is 29.5 Å². The van der Waals surface area contributed by atoms with Gasteiger partial charge in [0.25, 0.3) is 5.91 Å². The number of likely N-dealkylation sites (tertiary alicyclic amines) is 1. The number of nitrogens with zero attached hydrogens (tertiary/aromatic N) is 6. The van der Waals surface area contributed by atoms with E-state index in [1.54, 1.807) is 18.5 Å². The summed E-state index contributed by atoms with van der Waals surface area (Å²) in [6.07, 6.45) is 4.25. The van der Waals surface area contributed by atoms with Gasteiger partial charge in [0, 0.05) is 25.3 Å². The van der Waals surface area contributed by atoms with Gasteiger partial charge >= 0.3 is 0 Å². The van der Waals surface area contributed by atoms with E-state index in [0.29, 0.717) is 30.3 Å². The molecule has 4 rings (SSSR count). The lowest BCUT2D eigenvalue weighted by atomic mass is 10.2. The van der Waals surface area contributed by atoms with Gasteiger partial charge in [0.05, 0.1) is 29.7 Å². The average Bonchev–Trinajstić information content (AvgIpc) is 3.35. The topological polar surface area (TPSA) is 93.2 Å². The largest absolute Gasteiger partial charge is 0.384 e. The molecule has 1 aliphatic heterocycles. The number of carbonyl (C=O) groups excluding carboxylic acids is 1. The van der Waals surface area contributed by atoms with Crippen LogP contribution in [-0.4, -0.2) is 61.6 Å². The number of amides is 1. The first-order valence-corrected chi connectivity index (χ1v) is 9.70. The van der Waals surface area contributed by atoms with E-state index >= 15 is 0 Å². The van der Waals surface area contributed by atoms with Crippen molar-refractivity contribution in [2.75, 3.05) is 25.9 Å². The van der Waals surface area contributed by atoms with Gasteiger partial charge in [0.1, 0.15) is 11.6 Å². The normalized spacial score (nSPS) is 16.5. The third kappa shape index (κ3) is 3.97. The summed E-state index contributed by atoms with van der Waals surface area (Å²) in [5, 5.41) is 4.43. The summed E-state index contributed by atoms with van der Waals surface area (Å²) in [6, 6.07) is 11.8. The first kappa shape index (κ1) is 19.1. The van der Waals surface area contributed by atoms with E-state index in [9.17, 15) is 4.79 Å². The maximum Gasteiger partial charge on any atom is 0.257 e. The zero-order valence-electron chi connectivity index (χ0n) is 16.7.